The molecule has 0 unspecified atom stereocenters. The first-order valence-electron chi connectivity index (χ1n) is 14.5. The molecule has 0 atom stereocenters. The van der Waals surface area contributed by atoms with Crippen LogP contribution in [0.15, 0.2) is 136 Å². The fourth-order valence-corrected chi connectivity index (χ4v) is 7.16. The van der Waals surface area contributed by atoms with Crippen LogP contribution in [0.3, 0.4) is 0 Å². The first kappa shape index (κ1) is 35.0. The summed E-state index contributed by atoms with van der Waals surface area (Å²) in [6.45, 7) is 4.69. The highest BCUT2D eigenvalue weighted by atomic mass is 32.2. The maximum absolute atomic E-state index is 11.1. The highest BCUT2D eigenvalue weighted by Gasteiger charge is 2.37. The molecule has 0 saturated carbocycles. The van der Waals surface area contributed by atoms with Gasteiger partial charge in [-0.05, 0) is 78.1 Å². The smallest absolute Gasteiger partial charge is 0.485 e. The maximum Gasteiger partial charge on any atom is 0.485 e. The van der Waals surface area contributed by atoms with E-state index in [1.165, 1.54) is 43.9 Å². The third-order valence-electron chi connectivity index (χ3n) is 7.21. The second kappa shape index (κ2) is 16.1. The van der Waals surface area contributed by atoms with Gasteiger partial charge < -0.3 is 9.29 Å². The van der Waals surface area contributed by atoms with E-state index in [1.54, 1.807) is 0 Å². The van der Waals surface area contributed by atoms with Crippen molar-refractivity contribution >= 4 is 32.6 Å². The van der Waals surface area contributed by atoms with Crippen LogP contribution < -0.4 is 0 Å². The number of esters is 1. The van der Waals surface area contributed by atoms with Crippen molar-refractivity contribution < 1.29 is 35.7 Å². The lowest BCUT2D eigenvalue weighted by molar-refractivity contribution is -0.141. The molecular formula is C35H34F3NO5S2. The molecule has 0 N–H and O–H groups in total. The molecule has 46 heavy (non-hydrogen) atoms. The van der Waals surface area contributed by atoms with Gasteiger partial charge in [0.15, 0.2) is 24.8 Å². The van der Waals surface area contributed by atoms with E-state index in [2.05, 4.69) is 120 Å². The molecule has 0 spiro atoms. The molecule has 0 bridgehead atoms. The van der Waals surface area contributed by atoms with Crippen LogP contribution in [0.1, 0.15) is 30.9 Å². The number of carbonyl (C=O) groups is 1. The fraction of sp³-hybridized carbons (Fsp3) is 0.229. The van der Waals surface area contributed by atoms with Crippen LogP contribution >= 0.6 is 0 Å². The maximum atomic E-state index is 11.1. The zero-order valence-electron chi connectivity index (χ0n) is 25.2. The summed E-state index contributed by atoms with van der Waals surface area (Å²) in [7, 11) is -6.25. The first-order valence-corrected chi connectivity index (χ1v) is 17.2. The first-order chi connectivity index (χ1) is 21.9. The van der Waals surface area contributed by atoms with Crippen LogP contribution in [0.25, 0.3) is 5.57 Å². The van der Waals surface area contributed by atoms with Crippen molar-refractivity contribution in [1.82, 2.24) is 4.90 Å². The average molecular weight is 670 g/mol. The predicted molar refractivity (Wildman–Crippen MR) is 172 cm³/mol. The predicted octanol–water partition coefficient (Wildman–Crippen LogP) is 7.29. The van der Waals surface area contributed by atoms with Gasteiger partial charge >= 0.3 is 11.5 Å². The normalized spacial score (nSPS) is 13.9. The Labute approximate surface area is 270 Å². The molecule has 0 aromatic heterocycles. The molecule has 0 aliphatic carbocycles. The summed E-state index contributed by atoms with van der Waals surface area (Å²) in [5.74, 6) is -0.209. The van der Waals surface area contributed by atoms with E-state index < -0.39 is 15.6 Å². The Hall–Kier alpha value is -3.90. The number of alkyl halides is 3. The summed E-state index contributed by atoms with van der Waals surface area (Å²) in [6.07, 6.45) is 2.04. The van der Waals surface area contributed by atoms with Crippen molar-refractivity contribution in [1.29, 1.82) is 0 Å². The second-order valence-electron chi connectivity index (χ2n) is 10.4. The minimum absolute atomic E-state index is 0.155. The van der Waals surface area contributed by atoms with Crippen LogP contribution in [0.5, 0.6) is 0 Å². The van der Waals surface area contributed by atoms with Gasteiger partial charge in [-0.3, -0.25) is 9.69 Å². The molecule has 6 nitrogen and oxygen atoms in total. The van der Waals surface area contributed by atoms with Gasteiger partial charge in [-0.25, -0.2) is 8.42 Å². The monoisotopic (exact) mass is 669 g/mol. The quantitative estimate of drug-likeness (QED) is 0.0848. The van der Waals surface area contributed by atoms with Gasteiger partial charge in [0.2, 0.25) is 0 Å². The number of carbonyl (C=O) groups excluding carboxylic acids is 1. The van der Waals surface area contributed by atoms with Gasteiger partial charge in [0.05, 0.1) is 10.9 Å². The Balaban J connectivity index is 0.000000533. The summed E-state index contributed by atoms with van der Waals surface area (Å²) in [4.78, 5) is 17.5. The Bertz CT molecular complexity index is 1650. The lowest BCUT2D eigenvalue weighted by atomic mass is 9.88. The number of hydrogen-bond acceptors (Lipinski definition) is 6. The van der Waals surface area contributed by atoms with Crippen LogP contribution in [-0.2, 0) is 30.5 Å². The standard InChI is InChI=1S/C34H34NO2S.CHF3O3S/c1-27(36)37-26-25-35-23-21-30(22-24-35)34(28-11-5-2-6-12-28)29-17-19-33(20-18-29)38(31-13-7-3-8-14-31)32-15-9-4-10-16-32;2-1(3,4)8(5,6)7/h2-20H,21-26H2,1H3;(H,5,6,7)/q+1;/p-1. The molecule has 0 amide bonds. The van der Waals surface area contributed by atoms with E-state index >= 15 is 0 Å². The topological polar surface area (TPSA) is 86.7 Å². The van der Waals surface area contributed by atoms with Gasteiger partial charge in [-0.2, -0.15) is 13.2 Å². The number of likely N-dealkylation sites (tertiary alicyclic amines) is 1. The largest absolute Gasteiger partial charge is 0.741 e. The molecule has 1 heterocycles. The molecule has 1 aliphatic rings. The van der Waals surface area contributed by atoms with E-state index in [9.17, 15) is 18.0 Å². The number of halogens is 3. The molecule has 4 aromatic rings. The number of rotatable bonds is 8. The zero-order valence-corrected chi connectivity index (χ0v) is 26.8. The summed E-state index contributed by atoms with van der Waals surface area (Å²) < 4.78 is 64.1. The lowest BCUT2D eigenvalue weighted by Gasteiger charge is -2.30. The van der Waals surface area contributed by atoms with Crippen molar-refractivity contribution in [3.8, 4) is 0 Å². The number of benzene rings is 4. The number of hydrogen-bond donors (Lipinski definition) is 0. The Morgan fingerprint density at radius 3 is 1.61 bits per heavy atom. The number of piperidine rings is 1. The van der Waals surface area contributed by atoms with Crippen LogP contribution in [0.2, 0.25) is 0 Å². The third-order valence-corrected chi connectivity index (χ3v) is 10.0. The molecule has 4 aromatic carbocycles. The lowest BCUT2D eigenvalue weighted by Crippen LogP contribution is -2.34. The molecule has 11 heteroatoms. The van der Waals surface area contributed by atoms with E-state index in [1.807, 2.05) is 0 Å². The van der Waals surface area contributed by atoms with Crippen LogP contribution in [0, 0.1) is 0 Å². The SMILES string of the molecule is CC(=O)OCCN1CCC(=C(c2ccccc2)c2ccc([S+](c3ccccc3)c3ccccc3)cc2)CC1.O=S(=O)([O-])C(F)(F)F. The molecule has 0 radical (unpaired) electrons. The minimum atomic E-state index is -6.09. The number of ether oxygens (including phenoxy) is 1. The van der Waals surface area contributed by atoms with Crippen molar-refractivity contribution in [2.45, 2.75) is 40.0 Å². The molecule has 1 fully saturated rings. The molecule has 1 saturated heterocycles. The van der Waals surface area contributed by atoms with Crippen LogP contribution in [-0.4, -0.2) is 55.6 Å². The second-order valence-corrected chi connectivity index (χ2v) is 13.8. The van der Waals surface area contributed by atoms with Gasteiger partial charge in [0.1, 0.15) is 6.61 Å². The minimum Gasteiger partial charge on any atom is -0.741 e. The fourth-order valence-electron chi connectivity index (χ4n) is 5.07. The average Bonchev–Trinajstić information content (AvgIpc) is 3.04. The van der Waals surface area contributed by atoms with Crippen molar-refractivity contribution in [3.05, 3.63) is 132 Å². The highest BCUT2D eigenvalue weighted by molar-refractivity contribution is 7.97. The zero-order chi connectivity index (χ0) is 33.2. The summed E-state index contributed by atoms with van der Waals surface area (Å²) >= 11 is 0. The van der Waals surface area contributed by atoms with Crippen molar-refractivity contribution in [3.63, 3.8) is 0 Å². The van der Waals surface area contributed by atoms with Crippen LogP contribution in [0.4, 0.5) is 13.2 Å². The molecule has 1 aliphatic heterocycles. The van der Waals surface area contributed by atoms with E-state index in [0.717, 1.165) is 32.5 Å². The van der Waals surface area contributed by atoms with Gasteiger partial charge in [0.25, 0.3) is 0 Å². The summed E-state index contributed by atoms with van der Waals surface area (Å²) in [6, 6.07) is 41.6. The third kappa shape index (κ3) is 9.80. The van der Waals surface area contributed by atoms with Gasteiger partial charge in [-0.1, -0.05) is 72.3 Å². The molecular weight excluding hydrogens is 636 g/mol. The Morgan fingerprint density at radius 2 is 1.17 bits per heavy atom. The van der Waals surface area contributed by atoms with Gasteiger partial charge in [0, 0.05) is 26.6 Å². The summed E-state index contributed by atoms with van der Waals surface area (Å²) in [5, 5.41) is 0. The molecule has 5 rings (SSSR count). The summed E-state index contributed by atoms with van der Waals surface area (Å²) in [5.41, 5.74) is -0.247. The van der Waals surface area contributed by atoms with E-state index in [0.29, 0.717) is 6.61 Å². The van der Waals surface area contributed by atoms with E-state index in [-0.39, 0.29) is 16.9 Å². The molecule has 242 valence electrons. The van der Waals surface area contributed by atoms with Crippen molar-refractivity contribution in [2.24, 2.45) is 0 Å². The number of nitrogens with zero attached hydrogens (tertiary/aromatic N) is 1. The Kier molecular flexibility index (Phi) is 12.2. The highest BCUT2D eigenvalue weighted by Crippen LogP contribution is 2.35. The van der Waals surface area contributed by atoms with E-state index in [4.69, 9.17) is 17.7 Å². The van der Waals surface area contributed by atoms with Crippen molar-refractivity contribution in [2.75, 3.05) is 26.2 Å². The van der Waals surface area contributed by atoms with Gasteiger partial charge in [-0.15, -0.1) is 0 Å². The Morgan fingerprint density at radius 1 is 0.761 bits per heavy atom.